The van der Waals surface area contributed by atoms with Crippen LogP contribution >= 0.6 is 0 Å². The van der Waals surface area contributed by atoms with Crippen LogP contribution in [0.3, 0.4) is 0 Å². The highest BCUT2D eigenvalue weighted by Crippen LogP contribution is 2.33. The number of carbonyl (C=O) groups is 3. The van der Waals surface area contributed by atoms with Crippen LogP contribution in [0.25, 0.3) is 11.1 Å². The van der Waals surface area contributed by atoms with Gasteiger partial charge in [-0.25, -0.2) is 9.88 Å². The van der Waals surface area contributed by atoms with Crippen molar-refractivity contribution in [3.63, 3.8) is 0 Å². The Morgan fingerprint density at radius 2 is 1.50 bits per heavy atom. The second kappa shape index (κ2) is 12.2. The number of amides is 3. The van der Waals surface area contributed by atoms with Crippen molar-refractivity contribution in [2.24, 2.45) is 0 Å². The number of pyridine rings is 1. The number of nitrogens with zero attached hydrogens (tertiary/aromatic N) is 2. The molecule has 0 saturated heterocycles. The summed E-state index contributed by atoms with van der Waals surface area (Å²) in [5, 5.41) is 5.15. The summed E-state index contributed by atoms with van der Waals surface area (Å²) in [5.41, 5.74) is 0.955. The number of hydrogen-bond acceptors (Lipinski definition) is 4. The van der Waals surface area contributed by atoms with Crippen LogP contribution in [0.2, 0.25) is 0 Å². The normalized spacial score (nSPS) is 11.8. The maximum atomic E-state index is 14.2. The summed E-state index contributed by atoms with van der Waals surface area (Å²) in [6, 6.07) is 23.8. The first-order valence-corrected chi connectivity index (χ1v) is 12.3. The maximum absolute atomic E-state index is 14.2. The number of benzene rings is 3. The van der Waals surface area contributed by atoms with E-state index in [4.69, 9.17) is 0 Å². The molecule has 204 valence electrons. The molecule has 0 aliphatic rings. The minimum absolute atomic E-state index is 0.00463. The van der Waals surface area contributed by atoms with Gasteiger partial charge in [-0.05, 0) is 47.0 Å². The molecule has 4 aromatic rings. The zero-order chi connectivity index (χ0) is 28.7. The highest BCUT2D eigenvalue weighted by molar-refractivity contribution is 6.10. The van der Waals surface area contributed by atoms with E-state index in [1.807, 2.05) is 0 Å². The van der Waals surface area contributed by atoms with Crippen LogP contribution in [0.5, 0.6) is 0 Å². The van der Waals surface area contributed by atoms with Gasteiger partial charge in [-0.2, -0.15) is 0 Å². The smallest absolute Gasteiger partial charge is 0.344 e. The molecule has 0 spiro atoms. The first-order chi connectivity index (χ1) is 19.1. The number of aromatic nitrogens is 1. The zero-order valence-corrected chi connectivity index (χ0v) is 21.4. The molecule has 0 radical (unpaired) electrons. The van der Waals surface area contributed by atoms with Crippen molar-refractivity contribution in [3.05, 3.63) is 114 Å². The van der Waals surface area contributed by atoms with E-state index in [0.29, 0.717) is 16.7 Å². The summed E-state index contributed by atoms with van der Waals surface area (Å²) in [4.78, 5) is 41.6. The molecule has 1 aromatic heterocycles. The molecule has 1 unspecified atom stereocenters. The minimum atomic E-state index is -5.01. The molecule has 3 amide bonds. The molecular weight excluding hydrogens is 521 g/mol. The molecular formula is C30H25F3N4O3. The Hall–Kier alpha value is -4.99. The lowest BCUT2D eigenvalue weighted by atomic mass is 9.98. The van der Waals surface area contributed by atoms with Gasteiger partial charge in [-0.3, -0.25) is 14.4 Å². The average Bonchev–Trinajstić information content (AvgIpc) is 2.93. The third-order valence-corrected chi connectivity index (χ3v) is 5.94. The van der Waals surface area contributed by atoms with Crippen LogP contribution < -0.4 is 15.5 Å². The van der Waals surface area contributed by atoms with Crippen LogP contribution in [0.1, 0.15) is 22.8 Å². The summed E-state index contributed by atoms with van der Waals surface area (Å²) in [5.74, 6) is -1.94. The number of carbonyl (C=O) groups excluding carboxylic acids is 3. The predicted octanol–water partition coefficient (Wildman–Crippen LogP) is 5.60. The molecule has 10 heteroatoms. The first-order valence-electron chi connectivity index (χ1n) is 12.3. The number of anilines is 2. The van der Waals surface area contributed by atoms with E-state index in [2.05, 4.69) is 15.6 Å². The van der Waals surface area contributed by atoms with Crippen LogP contribution in [-0.4, -0.2) is 35.0 Å². The Bertz CT molecular complexity index is 1480. The van der Waals surface area contributed by atoms with Gasteiger partial charge < -0.3 is 10.6 Å². The van der Waals surface area contributed by atoms with E-state index in [9.17, 15) is 27.6 Å². The van der Waals surface area contributed by atoms with Gasteiger partial charge in [0, 0.05) is 25.1 Å². The molecule has 1 heterocycles. The third-order valence-electron chi connectivity index (χ3n) is 5.94. The largest absolute Gasteiger partial charge is 0.491 e. The lowest BCUT2D eigenvalue weighted by molar-refractivity contribution is -0.125. The van der Waals surface area contributed by atoms with Crippen molar-refractivity contribution < 1.29 is 27.6 Å². The summed E-state index contributed by atoms with van der Waals surface area (Å²) in [6.45, 7) is 1.25. The van der Waals surface area contributed by atoms with Gasteiger partial charge in [-0.1, -0.05) is 66.7 Å². The number of nitrogens with one attached hydrogen (secondary N) is 2. The van der Waals surface area contributed by atoms with E-state index in [-0.39, 0.29) is 22.7 Å². The van der Waals surface area contributed by atoms with Crippen LogP contribution in [0.15, 0.2) is 103 Å². The molecule has 4 rings (SSSR count). The second-order valence-electron chi connectivity index (χ2n) is 8.85. The Morgan fingerprint density at radius 3 is 2.12 bits per heavy atom. The van der Waals surface area contributed by atoms with Gasteiger partial charge in [0.15, 0.2) is 0 Å². The topological polar surface area (TPSA) is 91.4 Å². The number of hydrogen-bond donors (Lipinski definition) is 2. The lowest BCUT2D eigenvalue weighted by Gasteiger charge is -2.26. The monoisotopic (exact) mass is 546 g/mol. The van der Waals surface area contributed by atoms with Crippen LogP contribution in [0.4, 0.5) is 24.7 Å². The summed E-state index contributed by atoms with van der Waals surface area (Å²) in [7, 11) is 0. The third kappa shape index (κ3) is 6.90. The Balaban J connectivity index is 1.59. The fourth-order valence-electron chi connectivity index (χ4n) is 4.16. The van der Waals surface area contributed by atoms with E-state index in [1.165, 1.54) is 37.4 Å². The average molecular weight is 547 g/mol. The van der Waals surface area contributed by atoms with Crippen molar-refractivity contribution in [2.45, 2.75) is 25.7 Å². The molecule has 0 bridgehead atoms. The van der Waals surface area contributed by atoms with Crippen molar-refractivity contribution >= 4 is 29.2 Å². The Labute approximate surface area is 228 Å². The van der Waals surface area contributed by atoms with E-state index >= 15 is 0 Å². The molecule has 40 heavy (non-hydrogen) atoms. The van der Waals surface area contributed by atoms with Crippen LogP contribution in [0, 0.1) is 0 Å². The standard InChI is InChI=1S/C30H25F3N4O3/c1-20(38)35-26(28(39)36-27-13-7-8-18-34-27)19-21-14-16-23(17-15-21)37(30(31,32)33)29(40)25-12-6-5-11-24(25)22-9-3-2-4-10-22/h2-18,26H,19H2,1H3,(H,35,38)(H,34,36,39). The van der Waals surface area contributed by atoms with Gasteiger partial charge in [0.05, 0.1) is 5.69 Å². The van der Waals surface area contributed by atoms with E-state index < -0.39 is 35.8 Å². The second-order valence-corrected chi connectivity index (χ2v) is 8.85. The molecule has 0 saturated carbocycles. The zero-order valence-electron chi connectivity index (χ0n) is 21.4. The van der Waals surface area contributed by atoms with Gasteiger partial charge in [0.1, 0.15) is 11.9 Å². The van der Waals surface area contributed by atoms with Gasteiger partial charge in [-0.15, -0.1) is 13.2 Å². The van der Waals surface area contributed by atoms with Gasteiger partial charge in [0.2, 0.25) is 11.8 Å². The molecule has 3 aromatic carbocycles. The van der Waals surface area contributed by atoms with Crippen molar-refractivity contribution in [2.75, 3.05) is 10.2 Å². The molecule has 0 fully saturated rings. The highest BCUT2D eigenvalue weighted by Gasteiger charge is 2.43. The minimum Gasteiger partial charge on any atom is -0.344 e. The molecule has 0 aliphatic carbocycles. The van der Waals surface area contributed by atoms with E-state index in [1.54, 1.807) is 60.7 Å². The van der Waals surface area contributed by atoms with E-state index in [0.717, 1.165) is 12.1 Å². The van der Waals surface area contributed by atoms with Gasteiger partial charge in [0.25, 0.3) is 5.91 Å². The molecule has 1 atom stereocenters. The highest BCUT2D eigenvalue weighted by atomic mass is 19.4. The first kappa shape index (κ1) is 28.0. The SMILES string of the molecule is CC(=O)NC(Cc1ccc(N(C(=O)c2ccccc2-c2ccccc2)C(F)(F)F)cc1)C(=O)Nc1ccccn1. The van der Waals surface area contributed by atoms with Crippen molar-refractivity contribution in [3.8, 4) is 11.1 Å². The lowest BCUT2D eigenvalue weighted by Crippen LogP contribution is -2.44. The summed E-state index contributed by atoms with van der Waals surface area (Å²) >= 11 is 0. The van der Waals surface area contributed by atoms with Crippen LogP contribution in [-0.2, 0) is 16.0 Å². The Kier molecular flexibility index (Phi) is 8.58. The van der Waals surface area contributed by atoms with Gasteiger partial charge >= 0.3 is 6.30 Å². The molecule has 0 aliphatic heterocycles. The van der Waals surface area contributed by atoms with Crippen molar-refractivity contribution in [1.82, 2.24) is 10.3 Å². The quantitative estimate of drug-likeness (QED) is 0.282. The summed E-state index contributed by atoms with van der Waals surface area (Å²) in [6.07, 6.45) is -3.52. The fraction of sp³-hybridized carbons (Fsp3) is 0.133. The van der Waals surface area contributed by atoms with Crippen molar-refractivity contribution in [1.29, 1.82) is 0 Å². The fourth-order valence-corrected chi connectivity index (χ4v) is 4.16. The Morgan fingerprint density at radius 1 is 0.850 bits per heavy atom. The number of alkyl halides is 3. The predicted molar refractivity (Wildman–Crippen MR) is 145 cm³/mol. The number of halogens is 3. The molecule has 2 N–H and O–H groups in total. The summed E-state index contributed by atoms with van der Waals surface area (Å²) < 4.78 is 42.7. The number of rotatable bonds is 8. The molecule has 7 nitrogen and oxygen atoms in total. The maximum Gasteiger partial charge on any atom is 0.491 e.